The summed E-state index contributed by atoms with van der Waals surface area (Å²) < 4.78 is 11.9. The van der Waals surface area contributed by atoms with E-state index < -0.39 is 11.9 Å². The molecule has 6 heteroatoms. The van der Waals surface area contributed by atoms with Crippen LogP contribution in [0.2, 0.25) is 0 Å². The molecular formula is C26H23NO4S. The van der Waals surface area contributed by atoms with E-state index >= 15 is 0 Å². The molecule has 4 aromatic rings. The molecule has 0 saturated heterocycles. The van der Waals surface area contributed by atoms with Gasteiger partial charge in [0.25, 0.3) is 0 Å². The average molecular weight is 446 g/mol. The smallest absolute Gasteiger partial charge is 0.345 e. The highest BCUT2D eigenvalue weighted by Gasteiger charge is 2.19. The third kappa shape index (κ3) is 4.36. The van der Waals surface area contributed by atoms with Crippen LogP contribution >= 0.6 is 11.3 Å². The van der Waals surface area contributed by atoms with E-state index in [1.165, 1.54) is 46.0 Å². The molecule has 0 aliphatic carbocycles. The number of fused-ring (bicyclic) bond motifs is 3. The number of carbonyl (C=O) groups excluding carboxylic acids is 2. The van der Waals surface area contributed by atoms with E-state index in [2.05, 4.69) is 56.8 Å². The maximum Gasteiger partial charge on any atom is 0.345 e. The number of hydrogen-bond acceptors (Lipinski definition) is 6. The van der Waals surface area contributed by atoms with Crippen LogP contribution in [-0.2, 0) is 25.6 Å². The first-order valence-electron chi connectivity index (χ1n) is 10.1. The minimum Gasteiger partial charge on any atom is -0.465 e. The van der Waals surface area contributed by atoms with Gasteiger partial charge < -0.3 is 14.4 Å². The van der Waals surface area contributed by atoms with Crippen molar-refractivity contribution in [2.24, 2.45) is 0 Å². The van der Waals surface area contributed by atoms with E-state index in [4.69, 9.17) is 0 Å². The highest BCUT2D eigenvalue weighted by molar-refractivity contribution is 7.25. The molecule has 0 bridgehead atoms. The van der Waals surface area contributed by atoms with E-state index in [0.29, 0.717) is 5.56 Å². The summed E-state index contributed by atoms with van der Waals surface area (Å²) in [6.45, 7) is 0.755. The van der Waals surface area contributed by atoms with E-state index in [1.807, 2.05) is 42.6 Å². The van der Waals surface area contributed by atoms with Crippen molar-refractivity contribution in [3.05, 3.63) is 83.4 Å². The quantitative estimate of drug-likeness (QED) is 0.172. The summed E-state index contributed by atoms with van der Waals surface area (Å²) in [6, 6.07) is 22.7. The average Bonchev–Trinajstić information content (AvgIpc) is 3.20. The fourth-order valence-electron chi connectivity index (χ4n) is 3.65. The zero-order valence-corrected chi connectivity index (χ0v) is 18.9. The summed E-state index contributed by atoms with van der Waals surface area (Å²) in [5.74, 6) is -1.45. The lowest BCUT2D eigenvalue weighted by Gasteiger charge is -2.20. The van der Waals surface area contributed by atoms with Gasteiger partial charge in [-0.3, -0.25) is 0 Å². The summed E-state index contributed by atoms with van der Waals surface area (Å²) in [5.41, 5.74) is 2.81. The Morgan fingerprint density at radius 1 is 0.875 bits per heavy atom. The number of thiophene rings is 1. The second-order valence-corrected chi connectivity index (χ2v) is 8.50. The highest BCUT2D eigenvalue weighted by atomic mass is 32.1. The van der Waals surface area contributed by atoms with Crippen molar-refractivity contribution < 1.29 is 19.1 Å². The van der Waals surface area contributed by atoms with Crippen molar-refractivity contribution in [2.45, 2.75) is 6.54 Å². The number of methoxy groups -OCH3 is 2. The van der Waals surface area contributed by atoms with Gasteiger partial charge in [-0.1, -0.05) is 36.4 Å². The topological polar surface area (TPSA) is 55.8 Å². The molecule has 0 aliphatic heterocycles. The normalized spacial score (nSPS) is 10.7. The Balaban J connectivity index is 1.54. The Morgan fingerprint density at radius 2 is 1.53 bits per heavy atom. The third-order valence-corrected chi connectivity index (χ3v) is 6.47. The van der Waals surface area contributed by atoms with Crippen LogP contribution in [-0.4, -0.2) is 33.2 Å². The molecule has 0 saturated carbocycles. The number of hydrogen-bond donors (Lipinski definition) is 0. The second-order valence-electron chi connectivity index (χ2n) is 7.42. The molecule has 0 aliphatic rings. The van der Waals surface area contributed by atoms with Crippen molar-refractivity contribution >= 4 is 55.2 Å². The van der Waals surface area contributed by atoms with Gasteiger partial charge in [0.05, 0.1) is 14.2 Å². The van der Waals surface area contributed by atoms with Crippen LogP contribution in [0.1, 0.15) is 11.1 Å². The minimum atomic E-state index is -0.727. The van der Waals surface area contributed by atoms with Crippen LogP contribution in [0.3, 0.4) is 0 Å². The number of carbonyl (C=O) groups is 2. The van der Waals surface area contributed by atoms with Gasteiger partial charge in [0, 0.05) is 39.5 Å². The first-order chi connectivity index (χ1) is 15.5. The molecule has 32 heavy (non-hydrogen) atoms. The predicted octanol–water partition coefficient (Wildman–Crippen LogP) is 5.42. The van der Waals surface area contributed by atoms with Crippen LogP contribution in [0.15, 0.2) is 72.3 Å². The molecule has 0 N–H and O–H groups in total. The maximum atomic E-state index is 11.9. The lowest BCUT2D eigenvalue weighted by Crippen LogP contribution is -2.16. The van der Waals surface area contributed by atoms with E-state index in [1.54, 1.807) is 0 Å². The molecule has 0 atom stereocenters. The van der Waals surface area contributed by atoms with Gasteiger partial charge in [-0.2, -0.15) is 0 Å². The summed E-state index contributed by atoms with van der Waals surface area (Å²) in [5, 5.41) is 2.58. The van der Waals surface area contributed by atoms with Crippen molar-refractivity contribution in [1.82, 2.24) is 0 Å². The van der Waals surface area contributed by atoms with Crippen LogP contribution in [0.25, 0.3) is 26.2 Å². The number of nitrogens with zero attached hydrogens (tertiary/aromatic N) is 1. The molecule has 0 unspecified atom stereocenters. The van der Waals surface area contributed by atoms with E-state index in [9.17, 15) is 9.59 Å². The monoisotopic (exact) mass is 445 g/mol. The van der Waals surface area contributed by atoms with Crippen molar-refractivity contribution in [3.8, 4) is 0 Å². The molecule has 1 aromatic heterocycles. The zero-order chi connectivity index (χ0) is 22.7. The summed E-state index contributed by atoms with van der Waals surface area (Å²) in [6.07, 6.45) is 1.47. The zero-order valence-electron chi connectivity index (χ0n) is 18.1. The van der Waals surface area contributed by atoms with E-state index in [0.717, 1.165) is 12.2 Å². The summed E-state index contributed by atoms with van der Waals surface area (Å²) in [4.78, 5) is 25.9. The summed E-state index contributed by atoms with van der Waals surface area (Å²) in [7, 11) is 4.50. The summed E-state index contributed by atoms with van der Waals surface area (Å²) >= 11 is 1.81. The largest absolute Gasteiger partial charge is 0.465 e. The van der Waals surface area contributed by atoms with Crippen molar-refractivity contribution in [3.63, 3.8) is 0 Å². The van der Waals surface area contributed by atoms with Gasteiger partial charge in [-0.25, -0.2) is 9.59 Å². The molecule has 0 spiro atoms. The maximum absolute atomic E-state index is 11.9. The Morgan fingerprint density at radius 3 is 2.22 bits per heavy atom. The number of esters is 2. The highest BCUT2D eigenvalue weighted by Crippen LogP contribution is 2.34. The fourth-order valence-corrected chi connectivity index (χ4v) is 4.74. The molecule has 162 valence electrons. The molecule has 0 amide bonds. The molecule has 4 rings (SSSR count). The molecule has 5 nitrogen and oxygen atoms in total. The number of benzene rings is 3. The van der Waals surface area contributed by atoms with E-state index in [-0.39, 0.29) is 5.57 Å². The molecule has 3 aromatic carbocycles. The number of rotatable bonds is 6. The van der Waals surface area contributed by atoms with Gasteiger partial charge in [-0.05, 0) is 47.5 Å². The molecule has 0 fully saturated rings. The standard InChI is InChI=1S/C26H23NO4S/c1-27(16-18-10-13-24-21(15-18)20-6-4-5-7-23(20)32-24)19-11-8-17(9-12-19)14-22(25(28)30-2)26(29)31-3/h4-15H,16H2,1-3H3. The number of anilines is 1. The first kappa shape index (κ1) is 21.6. The van der Waals surface area contributed by atoms with Gasteiger partial charge >= 0.3 is 11.9 Å². The van der Waals surface area contributed by atoms with Crippen molar-refractivity contribution in [2.75, 3.05) is 26.2 Å². The van der Waals surface area contributed by atoms with Crippen molar-refractivity contribution in [1.29, 1.82) is 0 Å². The van der Waals surface area contributed by atoms with Crippen LogP contribution < -0.4 is 4.90 Å². The SMILES string of the molecule is COC(=O)C(=Cc1ccc(N(C)Cc2ccc3sc4ccccc4c3c2)cc1)C(=O)OC. The van der Waals surface area contributed by atoms with Gasteiger partial charge in [0.2, 0.25) is 0 Å². The molecular weight excluding hydrogens is 422 g/mol. The minimum absolute atomic E-state index is 0.146. The third-order valence-electron chi connectivity index (χ3n) is 5.32. The van der Waals surface area contributed by atoms with Gasteiger partial charge in [-0.15, -0.1) is 11.3 Å². The van der Waals surface area contributed by atoms with Gasteiger partial charge in [0.15, 0.2) is 0 Å². The Labute approximate surface area is 190 Å². The van der Waals surface area contributed by atoms with Gasteiger partial charge in [0.1, 0.15) is 5.57 Å². The first-order valence-corrected chi connectivity index (χ1v) is 10.9. The Bertz CT molecular complexity index is 1300. The predicted molar refractivity (Wildman–Crippen MR) is 130 cm³/mol. The fraction of sp³-hybridized carbons (Fsp3) is 0.154. The Hall–Kier alpha value is -3.64. The lowest BCUT2D eigenvalue weighted by atomic mass is 10.1. The molecule has 1 heterocycles. The lowest BCUT2D eigenvalue weighted by molar-refractivity contribution is -0.143. The molecule has 0 radical (unpaired) electrons. The Kier molecular flexibility index (Phi) is 6.23. The van der Waals surface area contributed by atoms with Crippen LogP contribution in [0, 0.1) is 0 Å². The van der Waals surface area contributed by atoms with Crippen LogP contribution in [0.5, 0.6) is 0 Å². The second kappa shape index (κ2) is 9.24. The van der Waals surface area contributed by atoms with Crippen LogP contribution in [0.4, 0.5) is 5.69 Å². The number of ether oxygens (including phenoxy) is 2.